The van der Waals surface area contributed by atoms with Crippen molar-refractivity contribution in [3.63, 3.8) is 0 Å². The molecule has 2 aromatic rings. The summed E-state index contributed by atoms with van der Waals surface area (Å²) >= 11 is 0. The normalized spacial score (nSPS) is 15.1. The van der Waals surface area contributed by atoms with Crippen LogP contribution >= 0.6 is 7.37 Å². The maximum atomic E-state index is 12.9. The molecule has 110 valence electrons. The molecule has 0 spiro atoms. The highest BCUT2D eigenvalue weighted by Gasteiger charge is 2.31. The van der Waals surface area contributed by atoms with Gasteiger partial charge in [0, 0.05) is 11.5 Å². The molecule has 2 aromatic carbocycles. The molecule has 0 aliphatic carbocycles. The van der Waals surface area contributed by atoms with Gasteiger partial charge in [-0.3, -0.25) is 9.36 Å². The molecule has 0 saturated heterocycles. The Kier molecular flexibility index (Phi) is 4.56. The predicted octanol–water partition coefficient (Wildman–Crippen LogP) is 2.59. The first-order valence-electron chi connectivity index (χ1n) is 6.26. The molecule has 2 unspecified atom stereocenters. The molecule has 2 rings (SSSR count). The summed E-state index contributed by atoms with van der Waals surface area (Å²) < 4.78 is 25.2. The molecule has 0 heterocycles. The molecule has 0 aliphatic heterocycles. The number of halogens is 1. The van der Waals surface area contributed by atoms with Gasteiger partial charge in [0.1, 0.15) is 5.82 Å². The number of aliphatic carboxylic acids is 1. The van der Waals surface area contributed by atoms with E-state index in [1.807, 2.05) is 0 Å². The minimum Gasteiger partial charge on any atom is -0.481 e. The fourth-order valence-electron chi connectivity index (χ4n) is 2.04. The lowest BCUT2D eigenvalue weighted by Gasteiger charge is -2.18. The summed E-state index contributed by atoms with van der Waals surface area (Å²) in [5.74, 6) is -2.78. The van der Waals surface area contributed by atoms with Crippen LogP contribution in [-0.2, 0) is 9.36 Å². The van der Waals surface area contributed by atoms with Gasteiger partial charge in [-0.15, -0.1) is 0 Å². The summed E-state index contributed by atoms with van der Waals surface area (Å²) in [6.07, 6.45) is -0.433. The Morgan fingerprint density at radius 3 is 2.19 bits per heavy atom. The lowest BCUT2D eigenvalue weighted by atomic mass is 10.0. The van der Waals surface area contributed by atoms with Crippen molar-refractivity contribution < 1.29 is 23.7 Å². The lowest BCUT2D eigenvalue weighted by Crippen LogP contribution is -2.19. The van der Waals surface area contributed by atoms with Crippen molar-refractivity contribution in [2.24, 2.45) is 0 Å². The lowest BCUT2D eigenvalue weighted by molar-refractivity contribution is -0.138. The van der Waals surface area contributed by atoms with Crippen LogP contribution in [0.25, 0.3) is 0 Å². The van der Waals surface area contributed by atoms with E-state index in [0.717, 1.165) is 12.1 Å². The average Bonchev–Trinajstić information content (AvgIpc) is 2.46. The van der Waals surface area contributed by atoms with Crippen LogP contribution in [0, 0.1) is 5.82 Å². The Bertz CT molecular complexity index is 670. The fraction of sp³-hybridized carbons (Fsp3) is 0.133. The Balaban J connectivity index is 2.30. The largest absolute Gasteiger partial charge is 0.481 e. The highest BCUT2D eigenvalue weighted by Crippen LogP contribution is 2.43. The standard InChI is InChI=1S/C15H14FO4P/c16-12-6-8-13(9-7-12)21(19,20)10-14(15(17)18)11-4-2-1-3-5-11/h1-9,14H,10H2,(H,17,18)(H,19,20). The molecule has 4 nitrogen and oxygen atoms in total. The van der Waals surface area contributed by atoms with Crippen LogP contribution in [0.4, 0.5) is 4.39 Å². The number of hydrogen-bond donors (Lipinski definition) is 2. The van der Waals surface area contributed by atoms with E-state index in [0.29, 0.717) is 5.56 Å². The zero-order valence-corrected chi connectivity index (χ0v) is 11.9. The number of carbonyl (C=O) groups is 1. The summed E-state index contributed by atoms with van der Waals surface area (Å²) in [6, 6.07) is 12.9. The number of carboxylic acid groups (broad SMARTS) is 1. The van der Waals surface area contributed by atoms with Gasteiger partial charge in [-0.25, -0.2) is 4.39 Å². The maximum Gasteiger partial charge on any atom is 0.311 e. The van der Waals surface area contributed by atoms with E-state index in [1.165, 1.54) is 12.1 Å². The first-order valence-corrected chi connectivity index (χ1v) is 8.10. The number of carboxylic acids is 1. The first kappa shape index (κ1) is 15.4. The Morgan fingerprint density at radius 2 is 1.67 bits per heavy atom. The van der Waals surface area contributed by atoms with Gasteiger partial charge in [0.25, 0.3) is 0 Å². The van der Waals surface area contributed by atoms with Crippen molar-refractivity contribution in [2.75, 3.05) is 6.16 Å². The number of hydrogen-bond acceptors (Lipinski definition) is 2. The maximum absolute atomic E-state index is 12.9. The molecule has 0 radical (unpaired) electrons. The van der Waals surface area contributed by atoms with E-state index in [9.17, 15) is 23.7 Å². The molecule has 0 aromatic heterocycles. The molecule has 0 bridgehead atoms. The van der Waals surface area contributed by atoms with Gasteiger partial charge < -0.3 is 10.00 Å². The summed E-state index contributed by atoms with van der Waals surface area (Å²) in [5, 5.41) is 9.34. The Morgan fingerprint density at radius 1 is 1.10 bits per heavy atom. The molecule has 0 amide bonds. The van der Waals surface area contributed by atoms with Crippen molar-refractivity contribution in [2.45, 2.75) is 5.92 Å². The van der Waals surface area contributed by atoms with E-state index in [1.54, 1.807) is 30.3 Å². The predicted molar refractivity (Wildman–Crippen MR) is 77.5 cm³/mol. The van der Waals surface area contributed by atoms with Crippen LogP contribution < -0.4 is 5.30 Å². The molecular weight excluding hydrogens is 294 g/mol. The second-order valence-corrected chi connectivity index (χ2v) is 6.95. The summed E-state index contributed by atoms with van der Waals surface area (Å²) in [7, 11) is -3.89. The Hall–Kier alpha value is -1.97. The smallest absolute Gasteiger partial charge is 0.311 e. The van der Waals surface area contributed by atoms with Gasteiger partial charge in [0.2, 0.25) is 7.37 Å². The van der Waals surface area contributed by atoms with E-state index in [4.69, 9.17) is 0 Å². The van der Waals surface area contributed by atoms with Crippen molar-refractivity contribution in [3.8, 4) is 0 Å². The third kappa shape index (κ3) is 3.78. The van der Waals surface area contributed by atoms with Crippen molar-refractivity contribution in [3.05, 3.63) is 66.0 Å². The molecule has 2 N–H and O–H groups in total. The first-order chi connectivity index (χ1) is 9.90. The third-order valence-corrected chi connectivity index (χ3v) is 5.13. The average molecular weight is 308 g/mol. The van der Waals surface area contributed by atoms with E-state index in [2.05, 4.69) is 0 Å². The van der Waals surface area contributed by atoms with Crippen molar-refractivity contribution >= 4 is 18.6 Å². The van der Waals surface area contributed by atoms with Crippen LogP contribution in [0.2, 0.25) is 0 Å². The van der Waals surface area contributed by atoms with Gasteiger partial charge >= 0.3 is 5.97 Å². The van der Waals surface area contributed by atoms with Gasteiger partial charge in [-0.1, -0.05) is 30.3 Å². The third-order valence-electron chi connectivity index (χ3n) is 3.16. The monoisotopic (exact) mass is 308 g/mol. The molecule has 6 heteroatoms. The quantitative estimate of drug-likeness (QED) is 0.833. The van der Waals surface area contributed by atoms with Crippen LogP contribution in [0.5, 0.6) is 0 Å². The van der Waals surface area contributed by atoms with E-state index < -0.39 is 31.2 Å². The minimum absolute atomic E-state index is 0.0473. The second-order valence-electron chi connectivity index (χ2n) is 4.66. The zero-order chi connectivity index (χ0) is 15.5. The molecule has 21 heavy (non-hydrogen) atoms. The van der Waals surface area contributed by atoms with Gasteiger partial charge in [-0.2, -0.15) is 0 Å². The summed E-state index contributed by atoms with van der Waals surface area (Å²) in [5.41, 5.74) is 0.460. The number of benzene rings is 2. The Labute approximate surface area is 121 Å². The topological polar surface area (TPSA) is 74.6 Å². The van der Waals surface area contributed by atoms with Gasteiger partial charge in [0.05, 0.1) is 5.92 Å². The SMILES string of the molecule is O=C(O)C(CP(=O)(O)c1ccc(F)cc1)c1ccccc1. The molecule has 2 atom stereocenters. The van der Waals surface area contributed by atoms with Gasteiger partial charge in [0.15, 0.2) is 0 Å². The van der Waals surface area contributed by atoms with Crippen molar-refractivity contribution in [1.82, 2.24) is 0 Å². The minimum atomic E-state index is -3.89. The number of rotatable bonds is 5. The van der Waals surface area contributed by atoms with Crippen LogP contribution in [0.3, 0.4) is 0 Å². The summed E-state index contributed by atoms with van der Waals surface area (Å²) in [4.78, 5) is 21.5. The highest BCUT2D eigenvalue weighted by molar-refractivity contribution is 7.66. The van der Waals surface area contributed by atoms with Gasteiger partial charge in [-0.05, 0) is 29.8 Å². The molecular formula is C15H14FO4P. The molecule has 0 aliphatic rings. The molecule has 0 saturated carbocycles. The molecule has 0 fully saturated rings. The fourth-order valence-corrected chi connectivity index (χ4v) is 3.73. The second kappa shape index (κ2) is 6.20. The van der Waals surface area contributed by atoms with Crippen LogP contribution in [0.15, 0.2) is 54.6 Å². The highest BCUT2D eigenvalue weighted by atomic mass is 31.2. The van der Waals surface area contributed by atoms with E-state index >= 15 is 0 Å². The van der Waals surface area contributed by atoms with E-state index in [-0.39, 0.29) is 5.30 Å². The van der Waals surface area contributed by atoms with Crippen molar-refractivity contribution in [1.29, 1.82) is 0 Å². The summed E-state index contributed by atoms with van der Waals surface area (Å²) in [6.45, 7) is 0. The zero-order valence-electron chi connectivity index (χ0n) is 11.0. The van der Waals surface area contributed by atoms with Crippen LogP contribution in [0.1, 0.15) is 11.5 Å². The van der Waals surface area contributed by atoms with Crippen LogP contribution in [-0.4, -0.2) is 22.1 Å².